The third-order valence-corrected chi connectivity index (χ3v) is 8.72. The minimum atomic E-state index is -3.67. The molecule has 0 atom stereocenters. The average molecular weight is 479 g/mol. The fraction of sp³-hybridized carbons (Fsp3) is 0.435. The normalized spacial score (nSPS) is 15.2. The Morgan fingerprint density at radius 3 is 2.52 bits per heavy atom. The Hall–Kier alpha value is -1.48. The van der Waals surface area contributed by atoms with Crippen molar-refractivity contribution >= 4 is 39.5 Å². The summed E-state index contributed by atoms with van der Waals surface area (Å²) in [6, 6.07) is 15.0. The summed E-state index contributed by atoms with van der Waals surface area (Å²) in [6.07, 6.45) is 3.88. The van der Waals surface area contributed by atoms with Gasteiger partial charge in [-0.1, -0.05) is 37.3 Å². The van der Waals surface area contributed by atoms with E-state index in [2.05, 4.69) is 23.8 Å². The van der Waals surface area contributed by atoms with Crippen LogP contribution in [-0.4, -0.2) is 50.9 Å². The maximum absolute atomic E-state index is 13.1. The van der Waals surface area contributed by atoms with E-state index in [4.69, 9.17) is 0 Å². The average Bonchev–Trinajstić information content (AvgIpc) is 2.79. The van der Waals surface area contributed by atoms with E-state index in [0.29, 0.717) is 23.8 Å². The Morgan fingerprint density at radius 1 is 1.13 bits per heavy atom. The number of hydrogen-bond acceptors (Lipinski definition) is 5. The molecule has 8 heteroatoms. The summed E-state index contributed by atoms with van der Waals surface area (Å²) in [5.74, 6) is 2.07. The van der Waals surface area contributed by atoms with E-state index in [1.54, 1.807) is 23.9 Å². The van der Waals surface area contributed by atoms with Gasteiger partial charge in [-0.2, -0.15) is 11.8 Å². The van der Waals surface area contributed by atoms with Crippen molar-refractivity contribution in [1.82, 2.24) is 9.62 Å². The summed E-state index contributed by atoms with van der Waals surface area (Å²) in [5, 5.41) is 0. The lowest BCUT2D eigenvalue weighted by molar-refractivity contribution is 0.0693. The first kappa shape index (κ1) is 24.2. The number of thioether (sulfide) groups is 2. The molecule has 1 N–H and O–H groups in total. The number of amides is 1. The number of likely N-dealkylation sites (tertiary alicyclic amines) is 1. The van der Waals surface area contributed by atoms with Crippen LogP contribution in [0.15, 0.2) is 58.3 Å². The second kappa shape index (κ2) is 11.4. The molecule has 1 saturated heterocycles. The predicted molar refractivity (Wildman–Crippen MR) is 130 cm³/mol. The Bertz CT molecular complexity index is 973. The van der Waals surface area contributed by atoms with Gasteiger partial charge in [0.05, 0.1) is 10.5 Å². The zero-order valence-electron chi connectivity index (χ0n) is 18.0. The summed E-state index contributed by atoms with van der Waals surface area (Å²) in [4.78, 5) is 15.9. The summed E-state index contributed by atoms with van der Waals surface area (Å²) in [6.45, 7) is 3.99. The molecule has 2 aromatic rings. The Morgan fingerprint density at radius 2 is 1.84 bits per heavy atom. The first-order valence-electron chi connectivity index (χ1n) is 10.5. The zero-order chi connectivity index (χ0) is 22.3. The highest BCUT2D eigenvalue weighted by molar-refractivity contribution is 7.98. The molecule has 168 valence electrons. The molecular weight excluding hydrogens is 448 g/mol. The van der Waals surface area contributed by atoms with Crippen molar-refractivity contribution in [2.45, 2.75) is 35.3 Å². The number of sulfonamides is 1. The second-order valence-corrected chi connectivity index (χ2v) is 11.5. The van der Waals surface area contributed by atoms with Crippen molar-refractivity contribution < 1.29 is 13.2 Å². The molecule has 0 saturated carbocycles. The van der Waals surface area contributed by atoms with Crippen LogP contribution >= 0.6 is 23.5 Å². The monoisotopic (exact) mass is 478 g/mol. The van der Waals surface area contributed by atoms with Crippen LogP contribution in [0.5, 0.6) is 0 Å². The highest BCUT2D eigenvalue weighted by Crippen LogP contribution is 2.27. The molecule has 0 unspecified atom stereocenters. The van der Waals surface area contributed by atoms with Gasteiger partial charge in [0.25, 0.3) is 5.91 Å². The van der Waals surface area contributed by atoms with Gasteiger partial charge in [0, 0.05) is 36.0 Å². The minimum absolute atomic E-state index is 0.0771. The van der Waals surface area contributed by atoms with Gasteiger partial charge in [-0.3, -0.25) is 4.79 Å². The van der Waals surface area contributed by atoms with Gasteiger partial charge in [0.15, 0.2) is 0 Å². The Kier molecular flexibility index (Phi) is 8.89. The van der Waals surface area contributed by atoms with Crippen LogP contribution in [0, 0.1) is 5.92 Å². The molecule has 0 bridgehead atoms. The van der Waals surface area contributed by atoms with Crippen molar-refractivity contribution in [3.63, 3.8) is 0 Å². The van der Waals surface area contributed by atoms with Crippen LogP contribution < -0.4 is 4.72 Å². The lowest BCUT2D eigenvalue weighted by Gasteiger charge is -2.30. The molecule has 2 aromatic carbocycles. The molecule has 31 heavy (non-hydrogen) atoms. The molecule has 1 aliphatic heterocycles. The van der Waals surface area contributed by atoms with Crippen LogP contribution in [0.25, 0.3) is 0 Å². The molecule has 0 aromatic heterocycles. The molecule has 1 amide bonds. The summed E-state index contributed by atoms with van der Waals surface area (Å²) >= 11 is 3.15. The lowest BCUT2D eigenvalue weighted by Crippen LogP contribution is -2.38. The SMILES string of the molecule is CSc1ccc(S(=O)(=O)NCCSCc2ccccc2)cc1C(=O)N1CCC(C)CC1. The fourth-order valence-electron chi connectivity index (χ4n) is 3.50. The van der Waals surface area contributed by atoms with Gasteiger partial charge >= 0.3 is 0 Å². The number of nitrogens with one attached hydrogen (secondary N) is 1. The predicted octanol–water partition coefficient (Wildman–Crippen LogP) is 4.49. The van der Waals surface area contributed by atoms with Gasteiger partial charge < -0.3 is 4.90 Å². The summed E-state index contributed by atoms with van der Waals surface area (Å²) < 4.78 is 28.3. The molecule has 0 radical (unpaired) electrons. The number of piperidine rings is 1. The maximum atomic E-state index is 13.1. The number of carbonyl (C=O) groups is 1. The summed E-state index contributed by atoms with van der Waals surface area (Å²) in [7, 11) is -3.67. The Labute approximate surface area is 194 Å². The standard InChI is InChI=1S/C23H30N2O3S3/c1-18-10-13-25(14-11-18)23(26)21-16-20(8-9-22(21)29-2)31(27,28)24-12-15-30-17-19-6-4-3-5-7-19/h3-9,16,18,24H,10-15,17H2,1-2H3. The van der Waals surface area contributed by atoms with Crippen molar-refractivity contribution in [3.8, 4) is 0 Å². The number of rotatable bonds is 9. The molecule has 1 heterocycles. The van der Waals surface area contributed by atoms with Gasteiger partial charge in [0.2, 0.25) is 10.0 Å². The highest BCUT2D eigenvalue weighted by Gasteiger charge is 2.25. The van der Waals surface area contributed by atoms with Crippen LogP contribution in [0.3, 0.4) is 0 Å². The Balaban J connectivity index is 1.62. The lowest BCUT2D eigenvalue weighted by atomic mass is 9.98. The molecule has 5 nitrogen and oxygen atoms in total. The number of benzene rings is 2. The minimum Gasteiger partial charge on any atom is -0.339 e. The van der Waals surface area contributed by atoms with Gasteiger partial charge in [0.1, 0.15) is 0 Å². The van der Waals surface area contributed by atoms with Crippen LogP contribution in [0.4, 0.5) is 0 Å². The van der Waals surface area contributed by atoms with Crippen LogP contribution in [0.2, 0.25) is 0 Å². The molecule has 1 aliphatic rings. The largest absolute Gasteiger partial charge is 0.339 e. The smallest absolute Gasteiger partial charge is 0.255 e. The van der Waals surface area contributed by atoms with E-state index in [0.717, 1.165) is 36.6 Å². The van der Waals surface area contributed by atoms with E-state index in [1.165, 1.54) is 23.4 Å². The first-order valence-corrected chi connectivity index (χ1v) is 14.4. The second-order valence-electron chi connectivity index (χ2n) is 7.77. The quantitative estimate of drug-likeness (QED) is 0.425. The molecule has 0 aliphatic carbocycles. The van der Waals surface area contributed by atoms with Crippen molar-refractivity contribution in [3.05, 3.63) is 59.7 Å². The molecule has 3 rings (SSSR count). The highest BCUT2D eigenvalue weighted by atomic mass is 32.2. The topological polar surface area (TPSA) is 66.5 Å². The van der Waals surface area contributed by atoms with Crippen LogP contribution in [0.1, 0.15) is 35.7 Å². The zero-order valence-corrected chi connectivity index (χ0v) is 20.5. The van der Waals surface area contributed by atoms with Gasteiger partial charge in [-0.25, -0.2) is 13.1 Å². The van der Waals surface area contributed by atoms with Gasteiger partial charge in [-0.15, -0.1) is 11.8 Å². The number of nitrogens with zero attached hydrogens (tertiary/aromatic N) is 1. The number of carbonyl (C=O) groups excluding carboxylic acids is 1. The van der Waals surface area contributed by atoms with E-state index < -0.39 is 10.0 Å². The van der Waals surface area contributed by atoms with Crippen molar-refractivity contribution in [2.75, 3.05) is 31.6 Å². The molecular formula is C23H30N2O3S3. The fourth-order valence-corrected chi connectivity index (χ4v) is 6.08. The van der Waals surface area contributed by atoms with Gasteiger partial charge in [-0.05, 0) is 48.8 Å². The molecule has 0 spiro atoms. The third kappa shape index (κ3) is 6.75. The summed E-state index contributed by atoms with van der Waals surface area (Å²) in [5.41, 5.74) is 1.70. The van der Waals surface area contributed by atoms with Crippen molar-refractivity contribution in [2.24, 2.45) is 5.92 Å². The third-order valence-electron chi connectivity index (χ3n) is 5.43. The number of hydrogen-bond donors (Lipinski definition) is 1. The molecule has 1 fully saturated rings. The van der Waals surface area contributed by atoms with Crippen LogP contribution in [-0.2, 0) is 15.8 Å². The van der Waals surface area contributed by atoms with Crippen molar-refractivity contribution in [1.29, 1.82) is 0 Å². The van der Waals surface area contributed by atoms with E-state index in [-0.39, 0.29) is 10.8 Å². The van der Waals surface area contributed by atoms with E-state index >= 15 is 0 Å². The maximum Gasteiger partial charge on any atom is 0.255 e. The van der Waals surface area contributed by atoms with E-state index in [1.807, 2.05) is 29.4 Å². The first-order chi connectivity index (χ1) is 14.9. The van der Waals surface area contributed by atoms with E-state index in [9.17, 15) is 13.2 Å².